The van der Waals surface area contributed by atoms with Gasteiger partial charge in [-0.25, -0.2) is 9.38 Å². The van der Waals surface area contributed by atoms with E-state index in [1.54, 1.807) is 49.5 Å². The molecule has 1 heterocycles. The summed E-state index contributed by atoms with van der Waals surface area (Å²) in [6.45, 7) is 0. The Labute approximate surface area is 152 Å². The summed E-state index contributed by atoms with van der Waals surface area (Å²) >= 11 is 13.2. The highest BCUT2D eigenvalue weighted by atomic mass is 35.5. The van der Waals surface area contributed by atoms with Crippen molar-refractivity contribution in [3.63, 3.8) is 0 Å². The quantitative estimate of drug-likeness (QED) is 0.656. The number of carbonyl (C=O) groups is 1. The molecule has 0 unspecified atom stereocenters. The fourth-order valence-corrected chi connectivity index (χ4v) is 3.49. The summed E-state index contributed by atoms with van der Waals surface area (Å²) in [5.74, 6) is -0.661. The van der Waals surface area contributed by atoms with Crippen LogP contribution in [0.1, 0.15) is 5.56 Å². The smallest absolute Gasteiger partial charge is 0.266 e. The highest BCUT2D eigenvalue weighted by Crippen LogP contribution is 2.35. The minimum atomic E-state index is -0.440. The number of aliphatic imine (C=N–C) groups is 1. The van der Waals surface area contributed by atoms with Gasteiger partial charge in [-0.3, -0.25) is 9.69 Å². The van der Waals surface area contributed by atoms with Crippen molar-refractivity contribution in [2.45, 2.75) is 0 Å². The van der Waals surface area contributed by atoms with E-state index in [2.05, 4.69) is 4.99 Å². The van der Waals surface area contributed by atoms with Crippen LogP contribution in [0.2, 0.25) is 10.0 Å². The van der Waals surface area contributed by atoms with E-state index < -0.39 is 5.82 Å². The number of rotatable bonds is 2. The van der Waals surface area contributed by atoms with Gasteiger partial charge in [0.1, 0.15) is 11.5 Å². The predicted molar refractivity (Wildman–Crippen MR) is 98.3 cm³/mol. The number of likely N-dealkylation sites (N-methyl/N-ethyl adjacent to an activating group) is 1. The molecule has 3 nitrogen and oxygen atoms in total. The molecule has 0 bridgehead atoms. The van der Waals surface area contributed by atoms with Crippen LogP contribution < -0.4 is 0 Å². The topological polar surface area (TPSA) is 32.7 Å². The second kappa shape index (κ2) is 6.97. The SMILES string of the molecule is CN1C(=O)/C(=C\c2ccc(Cl)cc2Cl)SC1=Nc1ccccc1F. The van der Waals surface area contributed by atoms with Crippen LogP contribution in [0, 0.1) is 5.82 Å². The predicted octanol–water partition coefficient (Wildman–Crippen LogP) is 5.37. The minimum Gasteiger partial charge on any atom is -0.290 e. The molecular weight excluding hydrogens is 370 g/mol. The second-order valence-corrected chi connectivity index (χ2v) is 6.84. The molecule has 0 aliphatic carbocycles. The van der Waals surface area contributed by atoms with Crippen molar-refractivity contribution in [1.82, 2.24) is 4.90 Å². The van der Waals surface area contributed by atoms with Gasteiger partial charge in [0.2, 0.25) is 0 Å². The molecule has 122 valence electrons. The number of halogens is 3. The van der Waals surface area contributed by atoms with E-state index in [0.717, 1.165) is 0 Å². The zero-order valence-electron chi connectivity index (χ0n) is 12.5. The van der Waals surface area contributed by atoms with Gasteiger partial charge in [-0.1, -0.05) is 41.4 Å². The zero-order chi connectivity index (χ0) is 17.3. The van der Waals surface area contributed by atoms with Crippen molar-refractivity contribution in [1.29, 1.82) is 0 Å². The van der Waals surface area contributed by atoms with E-state index in [0.29, 0.717) is 25.7 Å². The van der Waals surface area contributed by atoms with Crippen LogP contribution in [-0.2, 0) is 4.79 Å². The van der Waals surface area contributed by atoms with Crippen molar-refractivity contribution in [2.75, 3.05) is 7.05 Å². The number of nitrogens with zero attached hydrogens (tertiary/aromatic N) is 2. The van der Waals surface area contributed by atoms with Gasteiger partial charge < -0.3 is 0 Å². The lowest BCUT2D eigenvalue weighted by atomic mass is 10.2. The monoisotopic (exact) mass is 380 g/mol. The first-order valence-electron chi connectivity index (χ1n) is 6.91. The summed E-state index contributed by atoms with van der Waals surface area (Å²) in [6.07, 6.45) is 1.67. The highest BCUT2D eigenvalue weighted by molar-refractivity contribution is 8.18. The molecule has 0 aromatic heterocycles. The van der Waals surface area contributed by atoms with Crippen LogP contribution in [0.4, 0.5) is 10.1 Å². The van der Waals surface area contributed by atoms with Crippen LogP contribution in [0.5, 0.6) is 0 Å². The lowest BCUT2D eigenvalue weighted by molar-refractivity contribution is -0.121. The number of para-hydroxylation sites is 1. The minimum absolute atomic E-state index is 0.186. The van der Waals surface area contributed by atoms with Crippen molar-refractivity contribution in [3.8, 4) is 0 Å². The highest BCUT2D eigenvalue weighted by Gasteiger charge is 2.30. The first kappa shape index (κ1) is 17.0. The second-order valence-electron chi connectivity index (χ2n) is 4.99. The van der Waals surface area contributed by atoms with E-state index >= 15 is 0 Å². The zero-order valence-corrected chi connectivity index (χ0v) is 14.8. The Balaban J connectivity index is 1.94. The molecule has 1 amide bonds. The maximum absolute atomic E-state index is 13.7. The standard InChI is InChI=1S/C17H11Cl2FN2OS/c1-22-16(23)15(8-10-6-7-11(18)9-12(10)19)24-17(22)21-14-5-3-2-4-13(14)20/h2-9H,1H3/b15-8+,21-17?. The van der Waals surface area contributed by atoms with Crippen molar-refractivity contribution in [3.05, 3.63) is 68.8 Å². The molecule has 2 aromatic carbocycles. The van der Waals surface area contributed by atoms with Gasteiger partial charge in [-0.2, -0.15) is 0 Å². The maximum Gasteiger partial charge on any atom is 0.266 e. The van der Waals surface area contributed by atoms with E-state index in [9.17, 15) is 9.18 Å². The lowest BCUT2D eigenvalue weighted by Gasteiger charge is -2.07. The third kappa shape index (κ3) is 3.48. The van der Waals surface area contributed by atoms with Crippen molar-refractivity contribution < 1.29 is 9.18 Å². The summed E-state index contributed by atoms with van der Waals surface area (Å²) in [6, 6.07) is 11.2. The third-order valence-electron chi connectivity index (χ3n) is 3.32. The Kier molecular flexibility index (Phi) is 4.94. The van der Waals surface area contributed by atoms with Gasteiger partial charge in [-0.05, 0) is 47.7 Å². The lowest BCUT2D eigenvalue weighted by Crippen LogP contribution is -2.23. The summed E-state index contributed by atoms with van der Waals surface area (Å²) < 4.78 is 13.7. The number of hydrogen-bond acceptors (Lipinski definition) is 3. The first-order valence-corrected chi connectivity index (χ1v) is 8.49. The van der Waals surface area contributed by atoms with E-state index in [1.165, 1.54) is 22.7 Å². The molecule has 0 radical (unpaired) electrons. The molecule has 0 atom stereocenters. The molecule has 1 fully saturated rings. The molecule has 7 heteroatoms. The van der Waals surface area contributed by atoms with Gasteiger partial charge in [-0.15, -0.1) is 0 Å². The largest absolute Gasteiger partial charge is 0.290 e. The number of amides is 1. The first-order chi connectivity index (χ1) is 11.5. The summed E-state index contributed by atoms with van der Waals surface area (Å²) in [4.78, 5) is 18.4. The Hall–Kier alpha value is -1.82. The number of carbonyl (C=O) groups excluding carboxylic acids is 1. The third-order valence-corrected chi connectivity index (χ3v) is 4.94. The van der Waals surface area contributed by atoms with Gasteiger partial charge >= 0.3 is 0 Å². The molecule has 0 spiro atoms. The van der Waals surface area contributed by atoms with Gasteiger partial charge in [0.05, 0.1) is 4.91 Å². The van der Waals surface area contributed by atoms with E-state index in [4.69, 9.17) is 23.2 Å². The Morgan fingerprint density at radius 2 is 1.96 bits per heavy atom. The van der Waals surface area contributed by atoms with Crippen molar-refractivity contribution in [2.24, 2.45) is 4.99 Å². The number of amidine groups is 1. The molecule has 1 aliphatic heterocycles. The molecule has 1 saturated heterocycles. The summed E-state index contributed by atoms with van der Waals surface area (Å²) in [7, 11) is 1.60. The number of benzene rings is 2. The van der Waals surface area contributed by atoms with Crippen LogP contribution in [-0.4, -0.2) is 23.0 Å². The molecule has 1 aliphatic rings. The molecule has 24 heavy (non-hydrogen) atoms. The average molecular weight is 381 g/mol. The molecule has 2 aromatic rings. The van der Waals surface area contributed by atoms with Crippen LogP contribution >= 0.6 is 35.0 Å². The Morgan fingerprint density at radius 3 is 2.67 bits per heavy atom. The summed E-state index contributed by atoms with van der Waals surface area (Å²) in [5, 5.41) is 1.37. The maximum atomic E-state index is 13.7. The van der Waals surface area contributed by atoms with E-state index in [1.807, 2.05) is 0 Å². The Morgan fingerprint density at radius 1 is 1.21 bits per heavy atom. The van der Waals surface area contributed by atoms with Crippen LogP contribution in [0.15, 0.2) is 52.4 Å². The van der Waals surface area contributed by atoms with Crippen molar-refractivity contribution >= 4 is 57.8 Å². The average Bonchev–Trinajstić information content (AvgIpc) is 2.80. The fraction of sp³-hybridized carbons (Fsp3) is 0.0588. The van der Waals surface area contributed by atoms with Gasteiger partial charge in [0.15, 0.2) is 5.17 Å². The summed E-state index contributed by atoms with van der Waals surface area (Å²) in [5.41, 5.74) is 0.864. The fourth-order valence-electron chi connectivity index (χ4n) is 2.06. The van der Waals surface area contributed by atoms with Gasteiger partial charge in [0.25, 0.3) is 5.91 Å². The van der Waals surface area contributed by atoms with Crippen LogP contribution in [0.3, 0.4) is 0 Å². The number of thioether (sulfide) groups is 1. The van der Waals surface area contributed by atoms with E-state index in [-0.39, 0.29) is 11.6 Å². The van der Waals surface area contributed by atoms with Crippen LogP contribution in [0.25, 0.3) is 6.08 Å². The number of hydrogen-bond donors (Lipinski definition) is 0. The molecule has 0 saturated carbocycles. The Bertz CT molecular complexity index is 883. The normalized spacial score (nSPS) is 18.0. The molecular formula is C17H11Cl2FN2OS. The molecule has 0 N–H and O–H groups in total. The molecule has 3 rings (SSSR count). The van der Waals surface area contributed by atoms with Gasteiger partial charge in [0, 0.05) is 17.1 Å².